The predicted octanol–water partition coefficient (Wildman–Crippen LogP) is 6.70. The summed E-state index contributed by atoms with van der Waals surface area (Å²) in [4.78, 5) is 3.10. The summed E-state index contributed by atoms with van der Waals surface area (Å²) in [6, 6.07) is 21.0. The molecule has 5 fully saturated rings. The van der Waals surface area contributed by atoms with Gasteiger partial charge in [0.15, 0.2) is 0 Å². The van der Waals surface area contributed by atoms with Crippen LogP contribution in [0.1, 0.15) is 70.3 Å². The smallest absolute Gasteiger partial charge is 0.0739 e. The molecule has 0 bridgehead atoms. The molecule has 2 saturated heterocycles. The van der Waals surface area contributed by atoms with Crippen molar-refractivity contribution >= 4 is 21.8 Å². The van der Waals surface area contributed by atoms with Gasteiger partial charge in [-0.2, -0.15) is 0 Å². The molecule has 3 aliphatic carbocycles. The van der Waals surface area contributed by atoms with Crippen LogP contribution in [0.4, 0.5) is 0 Å². The molecule has 3 saturated carbocycles. The topological polar surface area (TPSA) is 17.4 Å². The third-order valence-corrected chi connectivity index (χ3v) is 10.3. The Morgan fingerprint density at radius 3 is 2.06 bits per heavy atom. The Kier molecular flexibility index (Phi) is 4.32. The van der Waals surface area contributed by atoms with E-state index in [1.807, 2.05) is 0 Å². The summed E-state index contributed by atoms with van der Waals surface area (Å²) in [5.74, 6) is 1.58. The monoisotopic (exact) mass is 440 g/mol. The zero-order chi connectivity index (χ0) is 21.5. The van der Waals surface area contributed by atoms with E-state index in [-0.39, 0.29) is 0 Å². The fraction of sp³-hybridized carbons (Fsp3) is 0.600. The average Bonchev–Trinajstić information content (AvgIpc) is 3.40. The molecule has 172 valence electrons. The van der Waals surface area contributed by atoms with Crippen LogP contribution < -0.4 is 0 Å². The highest BCUT2D eigenvalue weighted by Gasteiger charge is 2.61. The molecular weight excluding hydrogens is 404 g/mol. The number of fused-ring (bicyclic) bond motifs is 8. The van der Waals surface area contributed by atoms with Crippen LogP contribution in [-0.2, 0) is 4.74 Å². The highest BCUT2D eigenvalue weighted by molar-refractivity contribution is 6.08. The first kappa shape index (κ1) is 19.5. The van der Waals surface area contributed by atoms with Crippen LogP contribution in [0.3, 0.4) is 0 Å². The van der Waals surface area contributed by atoms with E-state index in [1.54, 1.807) is 0 Å². The Bertz CT molecular complexity index is 1150. The molecule has 3 heteroatoms. The molecule has 8 unspecified atom stereocenters. The van der Waals surface area contributed by atoms with Crippen molar-refractivity contribution in [2.24, 2.45) is 11.8 Å². The molecule has 8 atom stereocenters. The summed E-state index contributed by atoms with van der Waals surface area (Å²) in [6.45, 7) is 0. The molecule has 33 heavy (non-hydrogen) atoms. The lowest BCUT2D eigenvalue weighted by atomic mass is 9.69. The number of hydrogen-bond acceptors (Lipinski definition) is 2. The van der Waals surface area contributed by atoms with Gasteiger partial charge in [-0.05, 0) is 56.6 Å². The van der Waals surface area contributed by atoms with Crippen molar-refractivity contribution in [2.75, 3.05) is 0 Å². The van der Waals surface area contributed by atoms with Gasteiger partial charge in [-0.1, -0.05) is 62.1 Å². The van der Waals surface area contributed by atoms with E-state index in [0.717, 1.165) is 17.9 Å². The Morgan fingerprint density at radius 2 is 1.27 bits per heavy atom. The Morgan fingerprint density at radius 1 is 0.606 bits per heavy atom. The summed E-state index contributed by atoms with van der Waals surface area (Å²) in [6.07, 6.45) is 14.6. The Labute approximate surface area is 197 Å². The largest absolute Gasteiger partial charge is 0.372 e. The third-order valence-electron chi connectivity index (χ3n) is 10.3. The zero-order valence-electron chi connectivity index (χ0n) is 19.6. The van der Waals surface area contributed by atoms with E-state index >= 15 is 0 Å². The first-order chi connectivity index (χ1) is 16.4. The molecule has 0 spiro atoms. The van der Waals surface area contributed by atoms with Gasteiger partial charge in [-0.15, -0.1) is 0 Å². The van der Waals surface area contributed by atoms with E-state index in [1.165, 1.54) is 86.0 Å². The van der Waals surface area contributed by atoms with E-state index in [0.29, 0.717) is 30.3 Å². The van der Waals surface area contributed by atoms with Gasteiger partial charge in [0, 0.05) is 51.9 Å². The van der Waals surface area contributed by atoms with Crippen molar-refractivity contribution in [1.29, 1.82) is 0 Å². The second-order valence-corrected chi connectivity index (χ2v) is 11.6. The van der Waals surface area contributed by atoms with Gasteiger partial charge in [0.1, 0.15) is 0 Å². The molecule has 3 aromatic rings. The minimum Gasteiger partial charge on any atom is -0.372 e. The van der Waals surface area contributed by atoms with E-state index < -0.39 is 0 Å². The van der Waals surface area contributed by atoms with Crippen molar-refractivity contribution in [1.82, 2.24) is 9.47 Å². The second kappa shape index (κ2) is 7.33. The summed E-state index contributed by atoms with van der Waals surface area (Å²) in [5, 5.41) is 2.86. The maximum absolute atomic E-state index is 6.97. The fourth-order valence-corrected chi connectivity index (χ4v) is 9.31. The third kappa shape index (κ3) is 2.64. The van der Waals surface area contributed by atoms with Gasteiger partial charge in [-0.3, -0.25) is 4.90 Å². The van der Waals surface area contributed by atoms with Crippen LogP contribution in [0.15, 0.2) is 48.5 Å². The lowest BCUT2D eigenvalue weighted by Gasteiger charge is -2.54. The number of aromatic nitrogens is 1. The predicted molar refractivity (Wildman–Crippen MR) is 133 cm³/mol. The van der Waals surface area contributed by atoms with Crippen molar-refractivity contribution < 1.29 is 4.74 Å². The molecule has 8 rings (SSSR count). The van der Waals surface area contributed by atoms with Gasteiger partial charge in [-0.25, -0.2) is 0 Å². The van der Waals surface area contributed by atoms with Crippen LogP contribution in [0.2, 0.25) is 0 Å². The normalized spacial score (nSPS) is 40.5. The molecule has 0 radical (unpaired) electrons. The maximum Gasteiger partial charge on any atom is 0.0739 e. The number of nitrogens with zero attached hydrogens (tertiary/aromatic N) is 2. The summed E-state index contributed by atoms with van der Waals surface area (Å²) in [5.41, 5.74) is 2.89. The average molecular weight is 441 g/mol. The highest BCUT2D eigenvalue weighted by Crippen LogP contribution is 2.58. The summed E-state index contributed by atoms with van der Waals surface area (Å²) < 4.78 is 9.76. The number of hydrogen-bond donors (Lipinski definition) is 0. The van der Waals surface area contributed by atoms with Crippen LogP contribution in [0.25, 0.3) is 21.8 Å². The van der Waals surface area contributed by atoms with Gasteiger partial charge in [0.05, 0.1) is 12.2 Å². The molecule has 5 aliphatic rings. The van der Waals surface area contributed by atoms with E-state index in [2.05, 4.69) is 58.0 Å². The number of rotatable bonds is 1. The maximum atomic E-state index is 6.97. The molecule has 0 amide bonds. The number of morpholine rings is 1. The molecule has 2 aliphatic heterocycles. The minimum absolute atomic E-state index is 0.462. The lowest BCUT2D eigenvalue weighted by molar-refractivity contribution is -0.181. The molecule has 1 aromatic heterocycles. The first-order valence-electron chi connectivity index (χ1n) is 13.8. The molecule has 0 N–H and O–H groups in total. The molecular formula is C30H36N2O. The van der Waals surface area contributed by atoms with Gasteiger partial charge < -0.3 is 9.30 Å². The van der Waals surface area contributed by atoms with E-state index in [4.69, 9.17) is 4.74 Å². The van der Waals surface area contributed by atoms with Crippen molar-refractivity contribution in [2.45, 2.75) is 101 Å². The molecule has 2 aromatic carbocycles. The number of benzene rings is 2. The van der Waals surface area contributed by atoms with Gasteiger partial charge in [0.25, 0.3) is 0 Å². The van der Waals surface area contributed by atoms with Crippen molar-refractivity contribution in [3.8, 4) is 0 Å². The van der Waals surface area contributed by atoms with Crippen LogP contribution >= 0.6 is 0 Å². The van der Waals surface area contributed by atoms with Gasteiger partial charge >= 0.3 is 0 Å². The van der Waals surface area contributed by atoms with Crippen LogP contribution in [0.5, 0.6) is 0 Å². The van der Waals surface area contributed by atoms with Crippen molar-refractivity contribution in [3.63, 3.8) is 0 Å². The highest BCUT2D eigenvalue weighted by atomic mass is 16.5. The molecule has 3 heterocycles. The zero-order valence-corrected chi connectivity index (χ0v) is 19.6. The van der Waals surface area contributed by atoms with Crippen molar-refractivity contribution in [3.05, 3.63) is 48.5 Å². The fourth-order valence-electron chi connectivity index (χ4n) is 9.31. The quantitative estimate of drug-likeness (QED) is 0.419. The van der Waals surface area contributed by atoms with Crippen LogP contribution in [-0.4, -0.2) is 39.8 Å². The van der Waals surface area contributed by atoms with Gasteiger partial charge in [0.2, 0.25) is 0 Å². The lowest BCUT2D eigenvalue weighted by Crippen LogP contribution is -2.63. The Balaban J connectivity index is 1.30. The minimum atomic E-state index is 0.462. The SMILES string of the molecule is c1ccc2c(c1)c1ccccc1n2C1CCC2OC3CCCCC3N3C4CCCCC4C1C23. The first-order valence-corrected chi connectivity index (χ1v) is 13.8. The van der Waals surface area contributed by atoms with E-state index in [9.17, 15) is 0 Å². The standard InChI is InChI=1S/C30H36N2O/c1-4-12-22-19(9-1)20-10-2-5-13-23(20)31(22)26-17-18-28-30-29(26)21-11-3-6-14-24(21)32(30)25-15-7-8-16-27(25)33-28/h1-2,4-5,9-10,12-13,21,24-30H,3,6-8,11,14-18H2. The van der Waals surface area contributed by atoms with Crippen LogP contribution in [0, 0.1) is 11.8 Å². The molecule has 3 nitrogen and oxygen atoms in total. The summed E-state index contributed by atoms with van der Waals surface area (Å²) >= 11 is 0. The number of para-hydroxylation sites is 2. The Hall–Kier alpha value is -1.84. The number of ether oxygens (including phenoxy) is 1. The summed E-state index contributed by atoms with van der Waals surface area (Å²) in [7, 11) is 0. The second-order valence-electron chi connectivity index (χ2n) is 11.6.